The van der Waals surface area contributed by atoms with E-state index in [0.29, 0.717) is 12.2 Å². The number of nitrogens with one attached hydrogen (secondary N) is 1. The fourth-order valence-corrected chi connectivity index (χ4v) is 3.12. The minimum Gasteiger partial charge on any atom is -0.493 e. The molecule has 3 heteroatoms. The standard InChI is InChI=1S/C17H27NO2/c1-13-7-5-8-14(2)17(13)19-10-6-9-18-11-15(3)20-16(4)12-18/h5,7-8,15-16H,6,9-12H2,1-4H3/p+1/t15-,16-/m1/s1. The summed E-state index contributed by atoms with van der Waals surface area (Å²) in [5, 5.41) is 0. The number of benzene rings is 1. The van der Waals surface area contributed by atoms with Crippen molar-refractivity contribution in [2.45, 2.75) is 46.3 Å². The van der Waals surface area contributed by atoms with E-state index in [0.717, 1.165) is 31.9 Å². The van der Waals surface area contributed by atoms with E-state index in [2.05, 4.69) is 45.9 Å². The van der Waals surface area contributed by atoms with Crippen LogP contribution in [0.25, 0.3) is 0 Å². The molecule has 0 saturated carbocycles. The van der Waals surface area contributed by atoms with E-state index in [1.807, 2.05) is 0 Å². The van der Waals surface area contributed by atoms with E-state index in [1.165, 1.54) is 17.7 Å². The van der Waals surface area contributed by atoms with Gasteiger partial charge in [0.1, 0.15) is 31.0 Å². The van der Waals surface area contributed by atoms with Crippen molar-refractivity contribution in [3.63, 3.8) is 0 Å². The fourth-order valence-electron chi connectivity index (χ4n) is 3.12. The second-order valence-electron chi connectivity index (χ2n) is 6.09. The molecule has 1 fully saturated rings. The smallest absolute Gasteiger partial charge is 0.125 e. The molecule has 0 bridgehead atoms. The van der Waals surface area contributed by atoms with Crippen LogP contribution >= 0.6 is 0 Å². The summed E-state index contributed by atoms with van der Waals surface area (Å²) in [7, 11) is 0. The normalized spacial score (nSPS) is 26.5. The molecule has 2 rings (SSSR count). The van der Waals surface area contributed by atoms with E-state index in [-0.39, 0.29) is 0 Å². The lowest BCUT2D eigenvalue weighted by atomic mass is 10.1. The zero-order valence-electron chi connectivity index (χ0n) is 13.2. The van der Waals surface area contributed by atoms with Gasteiger partial charge in [-0.15, -0.1) is 0 Å². The second kappa shape index (κ2) is 7.09. The highest BCUT2D eigenvalue weighted by atomic mass is 16.5. The summed E-state index contributed by atoms with van der Waals surface area (Å²) < 4.78 is 11.7. The Hall–Kier alpha value is -1.06. The number of para-hydroxylation sites is 1. The van der Waals surface area contributed by atoms with E-state index < -0.39 is 0 Å². The van der Waals surface area contributed by atoms with Gasteiger partial charge >= 0.3 is 0 Å². The van der Waals surface area contributed by atoms with Crippen molar-refractivity contribution in [3.05, 3.63) is 29.3 Å². The van der Waals surface area contributed by atoms with Gasteiger partial charge in [-0.1, -0.05) is 18.2 Å². The predicted octanol–water partition coefficient (Wildman–Crippen LogP) is 1.76. The van der Waals surface area contributed by atoms with E-state index in [4.69, 9.17) is 9.47 Å². The molecule has 1 N–H and O–H groups in total. The Balaban J connectivity index is 1.74. The molecule has 0 amide bonds. The molecule has 1 aromatic rings. The first-order valence-electron chi connectivity index (χ1n) is 7.74. The van der Waals surface area contributed by atoms with E-state index in [9.17, 15) is 0 Å². The number of rotatable bonds is 5. The third-order valence-corrected chi connectivity index (χ3v) is 3.95. The van der Waals surface area contributed by atoms with Gasteiger partial charge in [-0.25, -0.2) is 0 Å². The molecule has 1 aliphatic rings. The number of hydrogen-bond donors (Lipinski definition) is 1. The monoisotopic (exact) mass is 278 g/mol. The van der Waals surface area contributed by atoms with Gasteiger partial charge in [0, 0.05) is 6.42 Å². The molecule has 1 aliphatic heterocycles. The first-order valence-corrected chi connectivity index (χ1v) is 7.74. The molecule has 0 spiro atoms. The van der Waals surface area contributed by atoms with Crippen LogP contribution in [-0.2, 0) is 4.74 Å². The second-order valence-corrected chi connectivity index (χ2v) is 6.09. The van der Waals surface area contributed by atoms with Gasteiger partial charge in [-0.2, -0.15) is 0 Å². The number of quaternary nitrogens is 1. The molecule has 1 saturated heterocycles. The lowest BCUT2D eigenvalue weighted by Gasteiger charge is -2.32. The van der Waals surface area contributed by atoms with Crippen LogP contribution in [0, 0.1) is 13.8 Å². The Morgan fingerprint density at radius 3 is 2.35 bits per heavy atom. The summed E-state index contributed by atoms with van der Waals surface area (Å²) in [6, 6.07) is 6.30. The van der Waals surface area contributed by atoms with Crippen LogP contribution in [-0.4, -0.2) is 38.4 Å². The predicted molar refractivity (Wildman–Crippen MR) is 81.6 cm³/mol. The highest BCUT2D eigenvalue weighted by Gasteiger charge is 2.24. The van der Waals surface area contributed by atoms with Crippen molar-refractivity contribution in [2.24, 2.45) is 0 Å². The van der Waals surface area contributed by atoms with Crippen LogP contribution in [0.3, 0.4) is 0 Å². The number of hydrogen-bond acceptors (Lipinski definition) is 2. The Morgan fingerprint density at radius 2 is 1.75 bits per heavy atom. The number of ether oxygens (including phenoxy) is 2. The van der Waals surface area contributed by atoms with Gasteiger partial charge < -0.3 is 14.4 Å². The van der Waals surface area contributed by atoms with Gasteiger partial charge in [0.2, 0.25) is 0 Å². The van der Waals surface area contributed by atoms with E-state index >= 15 is 0 Å². The Bertz CT molecular complexity index is 403. The quantitative estimate of drug-likeness (QED) is 0.830. The van der Waals surface area contributed by atoms with Crippen LogP contribution in [0.1, 0.15) is 31.4 Å². The Labute approximate surface area is 122 Å². The number of aryl methyl sites for hydroxylation is 2. The maximum absolute atomic E-state index is 5.97. The molecule has 0 aliphatic carbocycles. The lowest BCUT2D eigenvalue weighted by Crippen LogP contribution is -3.15. The molecule has 0 radical (unpaired) electrons. The lowest BCUT2D eigenvalue weighted by molar-refractivity contribution is -0.915. The summed E-state index contributed by atoms with van der Waals surface area (Å²) in [5.41, 5.74) is 2.46. The molecule has 0 unspecified atom stereocenters. The van der Waals surface area contributed by atoms with Gasteiger partial charge in [-0.3, -0.25) is 0 Å². The van der Waals surface area contributed by atoms with Crippen LogP contribution in [0.5, 0.6) is 5.75 Å². The van der Waals surface area contributed by atoms with Crippen molar-refractivity contribution in [3.8, 4) is 5.75 Å². The zero-order valence-corrected chi connectivity index (χ0v) is 13.2. The van der Waals surface area contributed by atoms with Crippen LogP contribution in [0.4, 0.5) is 0 Å². The minimum absolute atomic E-state index is 0.383. The van der Waals surface area contributed by atoms with Gasteiger partial charge in [0.05, 0.1) is 13.2 Å². The van der Waals surface area contributed by atoms with Crippen LogP contribution in [0.15, 0.2) is 18.2 Å². The van der Waals surface area contributed by atoms with Crippen molar-refractivity contribution >= 4 is 0 Å². The minimum atomic E-state index is 0.383. The topological polar surface area (TPSA) is 22.9 Å². The summed E-state index contributed by atoms with van der Waals surface area (Å²) in [4.78, 5) is 1.64. The highest BCUT2D eigenvalue weighted by molar-refractivity contribution is 5.39. The molecule has 20 heavy (non-hydrogen) atoms. The molecule has 2 atom stereocenters. The SMILES string of the molecule is Cc1cccc(C)c1OCCC[NH+]1C[C@@H](C)O[C@H](C)C1. The summed E-state index contributed by atoms with van der Waals surface area (Å²) in [6.45, 7) is 12.8. The third-order valence-electron chi connectivity index (χ3n) is 3.95. The number of morpholine rings is 1. The van der Waals surface area contributed by atoms with Gasteiger partial charge in [-0.05, 0) is 38.8 Å². The largest absolute Gasteiger partial charge is 0.493 e. The van der Waals surface area contributed by atoms with Gasteiger partial charge in [0.15, 0.2) is 0 Å². The molecule has 0 aromatic heterocycles. The molecular formula is C17H28NO2+. The third kappa shape index (κ3) is 4.22. The molecule has 1 heterocycles. The van der Waals surface area contributed by atoms with E-state index in [1.54, 1.807) is 4.90 Å². The summed E-state index contributed by atoms with van der Waals surface area (Å²) in [6.07, 6.45) is 1.87. The van der Waals surface area contributed by atoms with Crippen LogP contribution in [0.2, 0.25) is 0 Å². The average molecular weight is 278 g/mol. The molecule has 3 nitrogen and oxygen atoms in total. The average Bonchev–Trinajstić information content (AvgIpc) is 2.36. The van der Waals surface area contributed by atoms with Crippen molar-refractivity contribution < 1.29 is 14.4 Å². The Kier molecular flexibility index (Phi) is 5.44. The summed E-state index contributed by atoms with van der Waals surface area (Å²) >= 11 is 0. The Morgan fingerprint density at radius 1 is 1.15 bits per heavy atom. The molecular weight excluding hydrogens is 250 g/mol. The van der Waals surface area contributed by atoms with Crippen molar-refractivity contribution in [1.82, 2.24) is 0 Å². The molecule has 112 valence electrons. The molecule has 1 aromatic carbocycles. The fraction of sp³-hybridized carbons (Fsp3) is 0.647. The maximum atomic E-state index is 5.97. The van der Waals surface area contributed by atoms with Crippen LogP contribution < -0.4 is 9.64 Å². The van der Waals surface area contributed by atoms with Gasteiger partial charge in [0.25, 0.3) is 0 Å². The summed E-state index contributed by atoms with van der Waals surface area (Å²) in [5.74, 6) is 1.06. The van der Waals surface area contributed by atoms with Crippen molar-refractivity contribution in [1.29, 1.82) is 0 Å². The first-order chi connectivity index (χ1) is 9.56. The zero-order chi connectivity index (χ0) is 14.5. The first kappa shape index (κ1) is 15.3. The maximum Gasteiger partial charge on any atom is 0.125 e. The highest BCUT2D eigenvalue weighted by Crippen LogP contribution is 2.22. The van der Waals surface area contributed by atoms with Crippen molar-refractivity contribution in [2.75, 3.05) is 26.2 Å².